The largest absolute Gasteiger partial charge is 0.325 e. The van der Waals surface area contributed by atoms with Gasteiger partial charge in [-0.25, -0.2) is 4.79 Å². The summed E-state index contributed by atoms with van der Waals surface area (Å²) >= 11 is 0. The molecule has 2 unspecified atom stereocenters. The minimum Gasteiger partial charge on any atom is -0.319 e. The molecule has 2 heterocycles. The second kappa shape index (κ2) is 6.93. The van der Waals surface area contributed by atoms with Gasteiger partial charge >= 0.3 is 6.03 Å². The van der Waals surface area contributed by atoms with Crippen LogP contribution in [0.25, 0.3) is 0 Å². The lowest BCUT2D eigenvalue weighted by molar-refractivity contribution is -0.131. The highest BCUT2D eigenvalue weighted by atomic mass is 16.2. The Morgan fingerprint density at radius 3 is 2.58 bits per heavy atom. The molecular weight excluding hydrogens is 302 g/mol. The summed E-state index contributed by atoms with van der Waals surface area (Å²) in [6, 6.07) is 8.02. The van der Waals surface area contributed by atoms with Crippen LogP contribution < -0.4 is 10.6 Å². The minimum atomic E-state index is -0.912. The molecule has 0 bridgehead atoms. The first-order valence-electron chi connectivity index (χ1n) is 9.01. The fraction of sp³-hybridized carbons (Fsp3) is 0.579. The molecule has 1 aromatic carbocycles. The van der Waals surface area contributed by atoms with Crippen LogP contribution in [0.3, 0.4) is 0 Å². The Balaban J connectivity index is 1.74. The van der Waals surface area contributed by atoms with Crippen molar-refractivity contribution in [3.05, 3.63) is 35.4 Å². The highest BCUT2D eigenvalue weighted by molar-refractivity contribution is 6.07. The van der Waals surface area contributed by atoms with Crippen LogP contribution >= 0.6 is 0 Å². The van der Waals surface area contributed by atoms with Crippen LogP contribution in [0.2, 0.25) is 0 Å². The van der Waals surface area contributed by atoms with E-state index in [9.17, 15) is 9.59 Å². The second-order valence-corrected chi connectivity index (χ2v) is 6.95. The maximum Gasteiger partial charge on any atom is 0.325 e. The summed E-state index contributed by atoms with van der Waals surface area (Å²) in [7, 11) is 0. The maximum absolute atomic E-state index is 13.0. The molecule has 0 aliphatic carbocycles. The lowest BCUT2D eigenvalue weighted by Gasteiger charge is -2.27. The maximum atomic E-state index is 13.0. The molecule has 0 saturated carbocycles. The SMILES string of the molecule is CCC1(c2ccc(C)cc2)NC(=O)N(CCC2CCCCN2)C1=O. The van der Waals surface area contributed by atoms with E-state index in [0.29, 0.717) is 19.0 Å². The highest BCUT2D eigenvalue weighted by Crippen LogP contribution is 2.32. The summed E-state index contributed by atoms with van der Waals surface area (Å²) in [6.45, 7) is 5.48. The molecule has 2 aliphatic rings. The number of piperidine rings is 1. The predicted molar refractivity (Wildman–Crippen MR) is 93.7 cm³/mol. The molecule has 1 aromatic rings. The normalized spacial score (nSPS) is 27.4. The number of carbonyl (C=O) groups excluding carboxylic acids is 2. The van der Waals surface area contributed by atoms with E-state index in [1.54, 1.807) is 0 Å². The van der Waals surface area contributed by atoms with Gasteiger partial charge in [0.15, 0.2) is 0 Å². The van der Waals surface area contributed by atoms with E-state index < -0.39 is 5.54 Å². The quantitative estimate of drug-likeness (QED) is 0.817. The molecule has 0 spiro atoms. The van der Waals surface area contributed by atoms with Crippen LogP contribution in [0.4, 0.5) is 4.79 Å². The van der Waals surface area contributed by atoms with Gasteiger partial charge in [0.05, 0.1) is 0 Å². The van der Waals surface area contributed by atoms with Crippen molar-refractivity contribution in [3.8, 4) is 0 Å². The predicted octanol–water partition coefficient (Wildman–Crippen LogP) is 2.68. The fourth-order valence-electron chi connectivity index (χ4n) is 3.76. The van der Waals surface area contributed by atoms with Crippen LogP contribution in [0.15, 0.2) is 24.3 Å². The van der Waals surface area contributed by atoms with Gasteiger partial charge in [-0.05, 0) is 44.7 Å². The number of hydrogen-bond acceptors (Lipinski definition) is 3. The molecule has 24 heavy (non-hydrogen) atoms. The first kappa shape index (κ1) is 17.0. The average Bonchev–Trinajstić information content (AvgIpc) is 2.85. The Bertz CT molecular complexity index is 608. The number of nitrogens with zero attached hydrogens (tertiary/aromatic N) is 1. The average molecular weight is 329 g/mol. The molecule has 2 N–H and O–H groups in total. The lowest BCUT2D eigenvalue weighted by atomic mass is 9.86. The smallest absolute Gasteiger partial charge is 0.319 e. The zero-order valence-electron chi connectivity index (χ0n) is 14.6. The summed E-state index contributed by atoms with van der Waals surface area (Å²) in [5.41, 5.74) is 1.10. The summed E-state index contributed by atoms with van der Waals surface area (Å²) in [6.07, 6.45) is 4.94. The zero-order chi connectivity index (χ0) is 17.2. The molecule has 2 aliphatic heterocycles. The molecule has 0 radical (unpaired) electrons. The highest BCUT2D eigenvalue weighted by Gasteiger charge is 2.50. The van der Waals surface area contributed by atoms with E-state index in [2.05, 4.69) is 10.6 Å². The van der Waals surface area contributed by atoms with Gasteiger partial charge in [0.2, 0.25) is 0 Å². The van der Waals surface area contributed by atoms with Gasteiger partial charge in [-0.3, -0.25) is 9.69 Å². The number of urea groups is 1. The van der Waals surface area contributed by atoms with E-state index in [-0.39, 0.29) is 11.9 Å². The third-order valence-corrected chi connectivity index (χ3v) is 5.36. The fourth-order valence-corrected chi connectivity index (χ4v) is 3.76. The molecule has 2 saturated heterocycles. The number of nitrogens with one attached hydrogen (secondary N) is 2. The number of imide groups is 1. The van der Waals surface area contributed by atoms with Crippen LogP contribution in [-0.2, 0) is 10.3 Å². The Labute approximate surface area is 143 Å². The molecule has 5 heteroatoms. The summed E-state index contributed by atoms with van der Waals surface area (Å²) in [4.78, 5) is 26.9. The van der Waals surface area contributed by atoms with Gasteiger partial charge in [-0.1, -0.05) is 43.2 Å². The van der Waals surface area contributed by atoms with E-state index in [4.69, 9.17) is 0 Å². The van der Waals surface area contributed by atoms with E-state index >= 15 is 0 Å². The standard InChI is InChI=1S/C19H27N3O2/c1-3-19(15-9-7-14(2)8-10-15)17(23)22(18(24)21-19)13-11-16-6-4-5-12-20-16/h7-10,16,20H,3-6,11-13H2,1-2H3,(H,21,24). The molecule has 3 rings (SSSR count). The van der Waals surface area contributed by atoms with E-state index in [1.165, 1.54) is 17.7 Å². The Hall–Kier alpha value is -1.88. The monoisotopic (exact) mass is 329 g/mol. The van der Waals surface area contributed by atoms with Crippen molar-refractivity contribution in [3.63, 3.8) is 0 Å². The third kappa shape index (κ3) is 3.05. The van der Waals surface area contributed by atoms with E-state index in [1.807, 2.05) is 38.1 Å². The van der Waals surface area contributed by atoms with E-state index in [0.717, 1.165) is 30.5 Å². The van der Waals surface area contributed by atoms with Gasteiger partial charge in [0, 0.05) is 12.6 Å². The third-order valence-electron chi connectivity index (χ3n) is 5.36. The number of benzene rings is 1. The van der Waals surface area contributed by atoms with Crippen molar-refractivity contribution < 1.29 is 9.59 Å². The van der Waals surface area contributed by atoms with Crippen molar-refractivity contribution in [2.45, 2.75) is 57.5 Å². The number of amides is 3. The summed E-state index contributed by atoms with van der Waals surface area (Å²) in [5, 5.41) is 6.43. The van der Waals surface area contributed by atoms with Crippen LogP contribution in [0.1, 0.15) is 50.2 Å². The minimum absolute atomic E-state index is 0.116. The van der Waals surface area contributed by atoms with Gasteiger partial charge in [0.1, 0.15) is 5.54 Å². The van der Waals surface area contributed by atoms with Gasteiger partial charge < -0.3 is 10.6 Å². The van der Waals surface area contributed by atoms with Crippen molar-refractivity contribution in [1.29, 1.82) is 0 Å². The molecular formula is C19H27N3O2. The first-order valence-corrected chi connectivity index (χ1v) is 9.01. The van der Waals surface area contributed by atoms with Gasteiger partial charge in [0.25, 0.3) is 5.91 Å². The molecule has 0 aromatic heterocycles. The van der Waals surface area contributed by atoms with Gasteiger partial charge in [-0.15, -0.1) is 0 Å². The Morgan fingerprint density at radius 1 is 1.21 bits per heavy atom. The molecule has 5 nitrogen and oxygen atoms in total. The van der Waals surface area contributed by atoms with Crippen molar-refractivity contribution in [2.24, 2.45) is 0 Å². The first-order chi connectivity index (χ1) is 11.6. The van der Waals surface area contributed by atoms with Gasteiger partial charge in [-0.2, -0.15) is 0 Å². The molecule has 130 valence electrons. The zero-order valence-corrected chi connectivity index (χ0v) is 14.6. The molecule has 3 amide bonds. The Kier molecular flexibility index (Phi) is 4.90. The topological polar surface area (TPSA) is 61.4 Å². The molecule has 2 fully saturated rings. The summed E-state index contributed by atoms with van der Waals surface area (Å²) in [5.74, 6) is -0.116. The van der Waals surface area contributed by atoms with Crippen LogP contribution in [0, 0.1) is 6.92 Å². The van der Waals surface area contributed by atoms with Crippen molar-refractivity contribution in [2.75, 3.05) is 13.1 Å². The van der Waals surface area contributed by atoms with Crippen molar-refractivity contribution in [1.82, 2.24) is 15.5 Å². The number of aryl methyl sites for hydroxylation is 1. The number of hydrogen-bond donors (Lipinski definition) is 2. The van der Waals surface area contributed by atoms with Crippen LogP contribution in [0.5, 0.6) is 0 Å². The Morgan fingerprint density at radius 2 is 1.96 bits per heavy atom. The second-order valence-electron chi connectivity index (χ2n) is 6.95. The number of carbonyl (C=O) groups is 2. The summed E-state index contributed by atoms with van der Waals surface area (Å²) < 4.78 is 0. The van der Waals surface area contributed by atoms with Crippen molar-refractivity contribution >= 4 is 11.9 Å². The lowest BCUT2D eigenvalue weighted by Crippen LogP contribution is -2.44. The number of rotatable bonds is 5. The van der Waals surface area contributed by atoms with Crippen LogP contribution in [-0.4, -0.2) is 36.0 Å². The molecule has 2 atom stereocenters.